The van der Waals surface area contributed by atoms with Gasteiger partial charge in [-0.1, -0.05) is 37.6 Å². The van der Waals surface area contributed by atoms with Crippen LogP contribution in [-0.4, -0.2) is 13.1 Å². The number of ether oxygens (including phenoxy) is 1. The standard InChI is InChI=1S/C18H24O2/c1-17-11-6-12-18(2,16(19)20-3)15(17)10-9-13-7-4-5-8-14(13)17/h4-5,7-8,15H,6,9-12H2,1-3H3/t15-,17-,18+/m0/s1. The minimum atomic E-state index is -0.324. The van der Waals surface area contributed by atoms with Crippen molar-refractivity contribution in [1.82, 2.24) is 0 Å². The van der Waals surface area contributed by atoms with E-state index in [4.69, 9.17) is 4.74 Å². The smallest absolute Gasteiger partial charge is 0.311 e. The number of esters is 1. The lowest BCUT2D eigenvalue weighted by atomic mass is 9.50. The first kappa shape index (κ1) is 13.7. The van der Waals surface area contributed by atoms with Crippen molar-refractivity contribution in [3.8, 4) is 0 Å². The Morgan fingerprint density at radius 1 is 1.25 bits per heavy atom. The van der Waals surface area contributed by atoms with Crippen LogP contribution in [-0.2, 0) is 21.4 Å². The first-order valence-electron chi connectivity index (χ1n) is 7.69. The van der Waals surface area contributed by atoms with E-state index in [9.17, 15) is 4.79 Å². The summed E-state index contributed by atoms with van der Waals surface area (Å²) in [6.07, 6.45) is 5.43. The molecule has 1 aromatic rings. The van der Waals surface area contributed by atoms with Gasteiger partial charge in [-0.25, -0.2) is 0 Å². The van der Waals surface area contributed by atoms with Gasteiger partial charge in [-0.2, -0.15) is 0 Å². The monoisotopic (exact) mass is 272 g/mol. The van der Waals surface area contributed by atoms with Crippen molar-refractivity contribution < 1.29 is 9.53 Å². The van der Waals surface area contributed by atoms with E-state index in [0.29, 0.717) is 5.92 Å². The number of hydrogen-bond acceptors (Lipinski definition) is 2. The van der Waals surface area contributed by atoms with Crippen molar-refractivity contribution in [3.05, 3.63) is 35.4 Å². The van der Waals surface area contributed by atoms with Gasteiger partial charge in [-0.05, 0) is 55.1 Å². The van der Waals surface area contributed by atoms with E-state index in [0.717, 1.165) is 25.7 Å². The van der Waals surface area contributed by atoms with Crippen LogP contribution in [0.4, 0.5) is 0 Å². The third kappa shape index (κ3) is 1.73. The van der Waals surface area contributed by atoms with Gasteiger partial charge in [-0.15, -0.1) is 0 Å². The fraction of sp³-hybridized carbons (Fsp3) is 0.611. The van der Waals surface area contributed by atoms with Crippen LogP contribution in [0, 0.1) is 11.3 Å². The molecule has 0 spiro atoms. The topological polar surface area (TPSA) is 26.3 Å². The second-order valence-corrected chi connectivity index (χ2v) is 6.93. The number of aryl methyl sites for hydroxylation is 1. The lowest BCUT2D eigenvalue weighted by Crippen LogP contribution is -2.52. The number of hydrogen-bond donors (Lipinski definition) is 0. The summed E-state index contributed by atoms with van der Waals surface area (Å²) in [5.41, 5.74) is 2.73. The zero-order valence-electron chi connectivity index (χ0n) is 12.7. The zero-order valence-corrected chi connectivity index (χ0v) is 12.7. The maximum absolute atomic E-state index is 12.4. The van der Waals surface area contributed by atoms with Crippen molar-refractivity contribution in [2.45, 2.75) is 51.4 Å². The summed E-state index contributed by atoms with van der Waals surface area (Å²) in [5, 5.41) is 0. The Balaban J connectivity index is 2.08. The van der Waals surface area contributed by atoms with Gasteiger partial charge in [0, 0.05) is 0 Å². The molecule has 0 N–H and O–H groups in total. The maximum Gasteiger partial charge on any atom is 0.311 e. The third-order valence-corrected chi connectivity index (χ3v) is 5.92. The average Bonchev–Trinajstić information content (AvgIpc) is 2.46. The van der Waals surface area contributed by atoms with Gasteiger partial charge in [0.2, 0.25) is 0 Å². The van der Waals surface area contributed by atoms with E-state index in [1.165, 1.54) is 24.7 Å². The molecular weight excluding hydrogens is 248 g/mol. The molecule has 2 heteroatoms. The summed E-state index contributed by atoms with van der Waals surface area (Å²) in [5.74, 6) is 0.374. The van der Waals surface area contributed by atoms with Crippen LogP contribution in [0.15, 0.2) is 24.3 Å². The van der Waals surface area contributed by atoms with Gasteiger partial charge in [0.1, 0.15) is 0 Å². The number of benzene rings is 1. The predicted octanol–water partition coefficient (Wildman–Crippen LogP) is 3.87. The SMILES string of the molecule is COC(=O)[C@]1(C)CCC[C@@]2(C)c3ccccc3CC[C@H]12. The summed E-state index contributed by atoms with van der Waals surface area (Å²) < 4.78 is 5.14. The summed E-state index contributed by atoms with van der Waals surface area (Å²) in [6.45, 7) is 4.48. The van der Waals surface area contributed by atoms with Crippen LogP contribution < -0.4 is 0 Å². The molecular formula is C18H24O2. The lowest BCUT2D eigenvalue weighted by molar-refractivity contribution is -0.161. The highest BCUT2D eigenvalue weighted by atomic mass is 16.5. The highest BCUT2D eigenvalue weighted by molar-refractivity contribution is 5.77. The van der Waals surface area contributed by atoms with Crippen LogP contribution in [0.1, 0.15) is 50.7 Å². The molecule has 1 fully saturated rings. The molecule has 2 aliphatic rings. The summed E-state index contributed by atoms with van der Waals surface area (Å²) >= 11 is 0. The van der Waals surface area contributed by atoms with Crippen molar-refractivity contribution >= 4 is 5.97 Å². The Bertz CT molecular complexity index is 536. The van der Waals surface area contributed by atoms with Gasteiger partial charge in [0.25, 0.3) is 0 Å². The highest BCUT2D eigenvalue weighted by Crippen LogP contribution is 2.57. The molecule has 20 heavy (non-hydrogen) atoms. The van der Waals surface area contributed by atoms with Gasteiger partial charge in [0.05, 0.1) is 12.5 Å². The summed E-state index contributed by atoms with van der Waals surface area (Å²) in [4.78, 5) is 12.4. The van der Waals surface area contributed by atoms with E-state index in [1.54, 1.807) is 0 Å². The predicted molar refractivity (Wildman–Crippen MR) is 79.6 cm³/mol. The molecule has 2 nitrogen and oxygen atoms in total. The molecule has 0 radical (unpaired) electrons. The number of carbonyl (C=O) groups is 1. The Kier molecular flexibility index (Phi) is 3.15. The first-order valence-corrected chi connectivity index (χ1v) is 7.69. The van der Waals surface area contributed by atoms with Crippen molar-refractivity contribution in [2.75, 3.05) is 7.11 Å². The van der Waals surface area contributed by atoms with Crippen molar-refractivity contribution in [2.24, 2.45) is 11.3 Å². The van der Waals surface area contributed by atoms with Crippen molar-refractivity contribution in [3.63, 3.8) is 0 Å². The maximum atomic E-state index is 12.4. The van der Waals surface area contributed by atoms with Crippen molar-refractivity contribution in [1.29, 1.82) is 0 Å². The quantitative estimate of drug-likeness (QED) is 0.725. The normalized spacial score (nSPS) is 35.9. The second kappa shape index (κ2) is 4.61. The largest absolute Gasteiger partial charge is 0.469 e. The van der Waals surface area contributed by atoms with Gasteiger partial charge in [-0.3, -0.25) is 4.79 Å². The Morgan fingerprint density at radius 2 is 2.00 bits per heavy atom. The lowest BCUT2D eigenvalue weighted by Gasteiger charge is -2.54. The molecule has 1 saturated carbocycles. The molecule has 3 rings (SSSR count). The van der Waals surface area contributed by atoms with Crippen LogP contribution in [0.2, 0.25) is 0 Å². The molecule has 0 amide bonds. The minimum Gasteiger partial charge on any atom is -0.469 e. The number of fused-ring (bicyclic) bond motifs is 3. The molecule has 0 aromatic heterocycles. The molecule has 1 aromatic carbocycles. The molecule has 3 atom stereocenters. The Morgan fingerprint density at radius 3 is 2.75 bits per heavy atom. The first-order chi connectivity index (χ1) is 9.52. The van der Waals surface area contributed by atoms with Gasteiger partial charge < -0.3 is 4.74 Å². The van der Waals surface area contributed by atoms with Gasteiger partial charge in [0.15, 0.2) is 0 Å². The van der Waals surface area contributed by atoms with E-state index in [-0.39, 0.29) is 16.8 Å². The van der Waals surface area contributed by atoms with E-state index in [1.807, 2.05) is 0 Å². The summed E-state index contributed by atoms with van der Waals surface area (Å²) in [7, 11) is 1.52. The molecule has 0 aliphatic heterocycles. The average molecular weight is 272 g/mol. The second-order valence-electron chi connectivity index (χ2n) is 6.93. The van der Waals surface area contributed by atoms with Crippen LogP contribution in [0.5, 0.6) is 0 Å². The van der Waals surface area contributed by atoms with E-state index < -0.39 is 0 Å². The molecule has 108 valence electrons. The Labute approximate surface area is 121 Å². The number of carbonyl (C=O) groups excluding carboxylic acids is 1. The zero-order chi connectivity index (χ0) is 14.4. The molecule has 0 unspecified atom stereocenters. The van der Waals surface area contributed by atoms with Gasteiger partial charge >= 0.3 is 5.97 Å². The van der Waals surface area contributed by atoms with E-state index >= 15 is 0 Å². The molecule has 0 saturated heterocycles. The molecule has 0 bridgehead atoms. The van der Waals surface area contributed by atoms with Crippen LogP contribution in [0.25, 0.3) is 0 Å². The number of methoxy groups -OCH3 is 1. The minimum absolute atomic E-state index is 0.0205. The van der Waals surface area contributed by atoms with Crippen LogP contribution >= 0.6 is 0 Å². The highest BCUT2D eigenvalue weighted by Gasteiger charge is 2.55. The summed E-state index contributed by atoms with van der Waals surface area (Å²) in [6, 6.07) is 8.78. The number of rotatable bonds is 1. The molecule has 0 heterocycles. The van der Waals surface area contributed by atoms with E-state index in [2.05, 4.69) is 38.1 Å². The fourth-order valence-corrected chi connectivity index (χ4v) is 4.91. The van der Waals surface area contributed by atoms with Crippen LogP contribution in [0.3, 0.4) is 0 Å². The third-order valence-electron chi connectivity index (χ3n) is 5.92. The molecule has 2 aliphatic carbocycles. The fourth-order valence-electron chi connectivity index (χ4n) is 4.91. The Hall–Kier alpha value is -1.31.